The largest absolute Gasteiger partial charge is 0.310 e. The molecule has 1 aliphatic rings. The highest BCUT2D eigenvalue weighted by atomic mass is 15.1. The fourth-order valence-corrected chi connectivity index (χ4v) is 5.30. The second-order valence-corrected chi connectivity index (χ2v) is 8.77. The van der Waals surface area contributed by atoms with E-state index in [9.17, 15) is 0 Å². The van der Waals surface area contributed by atoms with E-state index < -0.39 is 0 Å². The zero-order chi connectivity index (χ0) is 22.3. The molecule has 6 rings (SSSR count). The van der Waals surface area contributed by atoms with Crippen LogP contribution in [0.15, 0.2) is 133 Å². The highest BCUT2D eigenvalue weighted by molar-refractivity contribution is 5.87. The van der Waals surface area contributed by atoms with Crippen LogP contribution < -0.4 is 4.90 Å². The van der Waals surface area contributed by atoms with Gasteiger partial charge in [-0.25, -0.2) is 0 Å². The monoisotopic (exact) mass is 423 g/mol. The molecule has 0 N–H and O–H groups in total. The van der Waals surface area contributed by atoms with Crippen molar-refractivity contribution in [3.05, 3.63) is 150 Å². The molecule has 1 atom stereocenters. The maximum Gasteiger partial charge on any atom is 0.0465 e. The number of nitrogens with zero attached hydrogens (tertiary/aromatic N) is 1. The first-order chi connectivity index (χ1) is 16.3. The molecule has 1 unspecified atom stereocenters. The van der Waals surface area contributed by atoms with Crippen LogP contribution in [-0.4, -0.2) is 0 Å². The number of anilines is 3. The summed E-state index contributed by atoms with van der Waals surface area (Å²) in [6.07, 6.45) is 0. The van der Waals surface area contributed by atoms with Crippen LogP contribution in [-0.2, 0) is 5.41 Å². The average Bonchev–Trinajstić information content (AvgIpc) is 3.15. The van der Waals surface area contributed by atoms with Gasteiger partial charge < -0.3 is 4.90 Å². The maximum absolute atomic E-state index is 2.39. The summed E-state index contributed by atoms with van der Waals surface area (Å²) in [4.78, 5) is 2.34. The van der Waals surface area contributed by atoms with E-state index in [1.54, 1.807) is 0 Å². The molecule has 0 radical (unpaired) electrons. The molecule has 0 aromatic heterocycles. The number of hydrogen-bond donors (Lipinski definition) is 0. The molecule has 0 saturated carbocycles. The molecule has 0 amide bonds. The van der Waals surface area contributed by atoms with Crippen molar-refractivity contribution in [2.45, 2.75) is 12.3 Å². The molecular weight excluding hydrogens is 398 g/mol. The lowest BCUT2D eigenvalue weighted by molar-refractivity contribution is 0.714. The maximum atomic E-state index is 2.39. The van der Waals surface area contributed by atoms with E-state index in [4.69, 9.17) is 0 Å². The van der Waals surface area contributed by atoms with Crippen LogP contribution in [0.1, 0.15) is 23.6 Å². The normalized spacial score (nSPS) is 16.2. The predicted molar refractivity (Wildman–Crippen MR) is 139 cm³/mol. The molecule has 1 heteroatoms. The molecule has 5 aromatic rings. The van der Waals surface area contributed by atoms with Crippen LogP contribution in [0.4, 0.5) is 17.1 Å². The number of rotatable bonds is 4. The van der Waals surface area contributed by atoms with Crippen LogP contribution in [0.3, 0.4) is 0 Å². The Morgan fingerprint density at radius 2 is 0.970 bits per heavy atom. The minimum absolute atomic E-state index is 0.206. The standard InChI is InChI=1S/C32H25N/c1-32(24-13-5-2-6-14-24)30-20-12-11-19-28(30)29-22-21-27(23-31(29)32)33(25-15-7-3-8-16-25)26-17-9-4-10-18-26/h2-23H,1H3. The summed E-state index contributed by atoms with van der Waals surface area (Å²) in [6.45, 7) is 2.37. The van der Waals surface area contributed by atoms with Gasteiger partial charge >= 0.3 is 0 Å². The lowest BCUT2D eigenvalue weighted by Gasteiger charge is -2.30. The molecule has 0 spiro atoms. The van der Waals surface area contributed by atoms with Gasteiger partial charge in [0.25, 0.3) is 0 Å². The van der Waals surface area contributed by atoms with E-state index >= 15 is 0 Å². The van der Waals surface area contributed by atoms with Gasteiger partial charge in [0.15, 0.2) is 0 Å². The minimum atomic E-state index is -0.206. The first-order valence-electron chi connectivity index (χ1n) is 11.5. The van der Waals surface area contributed by atoms with Gasteiger partial charge in [0.1, 0.15) is 0 Å². The molecule has 5 aromatic carbocycles. The van der Waals surface area contributed by atoms with Crippen LogP contribution in [0.2, 0.25) is 0 Å². The third kappa shape index (κ3) is 3.08. The second kappa shape index (κ2) is 7.79. The summed E-state index contributed by atoms with van der Waals surface area (Å²) in [6, 6.07) is 47.9. The van der Waals surface area contributed by atoms with Crippen molar-refractivity contribution in [2.24, 2.45) is 0 Å². The summed E-state index contributed by atoms with van der Waals surface area (Å²) < 4.78 is 0. The van der Waals surface area contributed by atoms with Crippen LogP contribution in [0.25, 0.3) is 11.1 Å². The molecule has 1 nitrogen and oxygen atoms in total. The highest BCUT2D eigenvalue weighted by Crippen LogP contribution is 2.53. The summed E-state index contributed by atoms with van der Waals surface area (Å²) in [5.74, 6) is 0. The van der Waals surface area contributed by atoms with Crippen molar-refractivity contribution in [1.29, 1.82) is 0 Å². The highest BCUT2D eigenvalue weighted by Gasteiger charge is 2.40. The van der Waals surface area contributed by atoms with Crippen LogP contribution in [0.5, 0.6) is 0 Å². The molecule has 0 saturated heterocycles. The Labute approximate surface area is 195 Å². The van der Waals surface area contributed by atoms with Crippen molar-refractivity contribution >= 4 is 17.1 Å². The Balaban J connectivity index is 1.59. The van der Waals surface area contributed by atoms with Crippen molar-refractivity contribution in [2.75, 3.05) is 4.90 Å². The van der Waals surface area contributed by atoms with Gasteiger partial charge in [0.2, 0.25) is 0 Å². The zero-order valence-electron chi connectivity index (χ0n) is 18.6. The molecular formula is C32H25N. The zero-order valence-corrected chi connectivity index (χ0v) is 18.6. The van der Waals surface area contributed by atoms with Gasteiger partial charge in [-0.15, -0.1) is 0 Å². The van der Waals surface area contributed by atoms with Crippen molar-refractivity contribution < 1.29 is 0 Å². The van der Waals surface area contributed by atoms with Gasteiger partial charge in [0, 0.05) is 22.5 Å². The van der Waals surface area contributed by atoms with E-state index in [2.05, 4.69) is 145 Å². The van der Waals surface area contributed by atoms with E-state index in [0.717, 1.165) is 11.4 Å². The molecule has 0 aliphatic heterocycles. The quantitative estimate of drug-likeness (QED) is 0.280. The number of para-hydroxylation sites is 2. The van der Waals surface area contributed by atoms with Crippen molar-refractivity contribution in [3.8, 4) is 11.1 Å². The van der Waals surface area contributed by atoms with Gasteiger partial charge in [-0.3, -0.25) is 0 Å². The Morgan fingerprint density at radius 3 is 1.61 bits per heavy atom. The Hall–Kier alpha value is -4.10. The summed E-state index contributed by atoms with van der Waals surface area (Å²) in [5.41, 5.74) is 9.96. The van der Waals surface area contributed by atoms with Gasteiger partial charge in [-0.2, -0.15) is 0 Å². The summed E-state index contributed by atoms with van der Waals surface area (Å²) >= 11 is 0. The fourth-order valence-electron chi connectivity index (χ4n) is 5.30. The van der Waals surface area contributed by atoms with Crippen LogP contribution in [0, 0.1) is 0 Å². The van der Waals surface area contributed by atoms with E-state index in [-0.39, 0.29) is 5.41 Å². The second-order valence-electron chi connectivity index (χ2n) is 8.77. The number of fused-ring (bicyclic) bond motifs is 3. The molecule has 0 fully saturated rings. The smallest absolute Gasteiger partial charge is 0.0465 e. The van der Waals surface area contributed by atoms with Gasteiger partial charge in [0.05, 0.1) is 0 Å². The van der Waals surface area contributed by atoms with E-state index in [1.165, 1.54) is 33.5 Å². The Morgan fingerprint density at radius 1 is 0.455 bits per heavy atom. The summed E-state index contributed by atoms with van der Waals surface area (Å²) in [5, 5.41) is 0. The minimum Gasteiger partial charge on any atom is -0.310 e. The SMILES string of the molecule is CC1(c2ccccc2)c2ccccc2-c2ccc(N(c3ccccc3)c3ccccc3)cc21. The lowest BCUT2D eigenvalue weighted by atomic mass is 9.74. The van der Waals surface area contributed by atoms with Crippen LogP contribution >= 0.6 is 0 Å². The number of hydrogen-bond acceptors (Lipinski definition) is 1. The first kappa shape index (κ1) is 19.6. The van der Waals surface area contributed by atoms with Crippen molar-refractivity contribution in [1.82, 2.24) is 0 Å². The third-order valence-corrected chi connectivity index (χ3v) is 6.94. The molecule has 33 heavy (non-hydrogen) atoms. The van der Waals surface area contributed by atoms with Crippen molar-refractivity contribution in [3.63, 3.8) is 0 Å². The van der Waals surface area contributed by atoms with Gasteiger partial charge in [-0.1, -0.05) is 97.1 Å². The average molecular weight is 424 g/mol. The predicted octanol–water partition coefficient (Wildman–Crippen LogP) is 8.49. The molecule has 1 aliphatic carbocycles. The third-order valence-electron chi connectivity index (χ3n) is 6.94. The first-order valence-corrected chi connectivity index (χ1v) is 11.5. The van der Waals surface area contributed by atoms with E-state index in [1.807, 2.05) is 0 Å². The fraction of sp³-hybridized carbons (Fsp3) is 0.0625. The molecule has 158 valence electrons. The molecule has 0 heterocycles. The summed E-state index contributed by atoms with van der Waals surface area (Å²) in [7, 11) is 0. The van der Waals surface area contributed by atoms with E-state index in [0.29, 0.717) is 0 Å². The molecule has 0 bridgehead atoms. The number of benzene rings is 5. The topological polar surface area (TPSA) is 3.24 Å². The van der Waals surface area contributed by atoms with Gasteiger partial charge in [-0.05, 0) is 71.1 Å². The lowest BCUT2D eigenvalue weighted by Crippen LogP contribution is -2.22. The Bertz CT molecular complexity index is 1370. The Kier molecular flexibility index (Phi) is 4.62.